The maximum atomic E-state index is 3.64. The highest BCUT2D eigenvalue weighted by atomic mass is 15.1. The lowest BCUT2D eigenvalue weighted by Gasteiger charge is -2.31. The molecule has 2 heteroatoms. The van der Waals surface area contributed by atoms with Crippen molar-refractivity contribution >= 4 is 0 Å². The first kappa shape index (κ1) is 14.0. The summed E-state index contributed by atoms with van der Waals surface area (Å²) in [6.07, 6.45) is 6.80. The summed E-state index contributed by atoms with van der Waals surface area (Å²) in [5.41, 5.74) is 0. The first-order chi connectivity index (χ1) is 7.59. The predicted octanol–water partition coefficient (Wildman–Crippen LogP) is 2.89. The Labute approximate surface area is 102 Å². The molecule has 2 nitrogen and oxygen atoms in total. The number of hydrogen-bond acceptors (Lipinski definition) is 2. The Morgan fingerprint density at radius 3 is 2.56 bits per heavy atom. The SMILES string of the molecule is CC(C)CCN(C)C(C)CC1CCCCN1. The molecule has 0 spiro atoms. The minimum Gasteiger partial charge on any atom is -0.314 e. The van der Waals surface area contributed by atoms with Crippen LogP contribution in [0.3, 0.4) is 0 Å². The Balaban J connectivity index is 2.19. The zero-order valence-corrected chi connectivity index (χ0v) is 11.6. The van der Waals surface area contributed by atoms with Gasteiger partial charge < -0.3 is 10.2 Å². The van der Waals surface area contributed by atoms with E-state index in [9.17, 15) is 0 Å². The molecular weight excluding hydrogens is 196 g/mol. The van der Waals surface area contributed by atoms with Gasteiger partial charge in [0.2, 0.25) is 0 Å². The molecule has 1 heterocycles. The molecule has 1 aliphatic rings. The van der Waals surface area contributed by atoms with Crippen LogP contribution in [0.2, 0.25) is 0 Å². The molecule has 0 aliphatic carbocycles. The Morgan fingerprint density at radius 1 is 1.25 bits per heavy atom. The molecule has 0 aromatic rings. The Hall–Kier alpha value is -0.0800. The predicted molar refractivity (Wildman–Crippen MR) is 71.8 cm³/mol. The van der Waals surface area contributed by atoms with Gasteiger partial charge in [-0.1, -0.05) is 20.3 Å². The number of hydrogen-bond donors (Lipinski definition) is 1. The molecule has 1 rings (SSSR count). The van der Waals surface area contributed by atoms with Crippen LogP contribution < -0.4 is 5.32 Å². The van der Waals surface area contributed by atoms with Crippen LogP contribution in [0.4, 0.5) is 0 Å². The van der Waals surface area contributed by atoms with Gasteiger partial charge in [-0.05, 0) is 58.7 Å². The fourth-order valence-electron chi connectivity index (χ4n) is 2.40. The van der Waals surface area contributed by atoms with Gasteiger partial charge in [-0.2, -0.15) is 0 Å². The second-order valence-electron chi connectivity index (χ2n) is 5.89. The van der Waals surface area contributed by atoms with E-state index in [-0.39, 0.29) is 0 Å². The highest BCUT2D eigenvalue weighted by Gasteiger charge is 2.18. The molecule has 0 amide bonds. The van der Waals surface area contributed by atoms with Crippen LogP contribution in [0.25, 0.3) is 0 Å². The summed E-state index contributed by atoms with van der Waals surface area (Å²) in [5, 5.41) is 3.64. The van der Waals surface area contributed by atoms with E-state index in [0.717, 1.165) is 12.0 Å². The van der Waals surface area contributed by atoms with Crippen molar-refractivity contribution < 1.29 is 0 Å². The van der Waals surface area contributed by atoms with Crippen LogP contribution >= 0.6 is 0 Å². The second-order valence-corrected chi connectivity index (χ2v) is 5.89. The number of rotatable bonds is 6. The van der Waals surface area contributed by atoms with Crippen LogP contribution in [0.1, 0.15) is 52.9 Å². The number of piperidine rings is 1. The first-order valence-electron chi connectivity index (χ1n) is 7.03. The fourth-order valence-corrected chi connectivity index (χ4v) is 2.40. The summed E-state index contributed by atoms with van der Waals surface area (Å²) in [5.74, 6) is 0.822. The normalized spacial score (nSPS) is 24.0. The van der Waals surface area contributed by atoms with E-state index in [1.165, 1.54) is 45.2 Å². The molecule has 0 aromatic heterocycles. The van der Waals surface area contributed by atoms with Gasteiger partial charge in [-0.3, -0.25) is 0 Å². The third-order valence-corrected chi connectivity index (χ3v) is 3.85. The Bertz CT molecular complexity index is 174. The third kappa shape index (κ3) is 5.31. The van der Waals surface area contributed by atoms with Crippen molar-refractivity contribution in [2.75, 3.05) is 20.1 Å². The van der Waals surface area contributed by atoms with E-state index in [1.54, 1.807) is 0 Å². The van der Waals surface area contributed by atoms with E-state index in [2.05, 4.69) is 38.0 Å². The van der Waals surface area contributed by atoms with E-state index >= 15 is 0 Å². The molecule has 1 aliphatic heterocycles. The van der Waals surface area contributed by atoms with Gasteiger partial charge in [-0.25, -0.2) is 0 Å². The summed E-state index contributed by atoms with van der Waals surface area (Å²) in [4.78, 5) is 2.52. The van der Waals surface area contributed by atoms with Crippen LogP contribution in [0.15, 0.2) is 0 Å². The van der Waals surface area contributed by atoms with Crippen molar-refractivity contribution in [1.29, 1.82) is 0 Å². The molecule has 1 N–H and O–H groups in total. The molecule has 0 aromatic carbocycles. The number of nitrogens with one attached hydrogen (secondary N) is 1. The van der Waals surface area contributed by atoms with Crippen LogP contribution in [-0.4, -0.2) is 37.1 Å². The van der Waals surface area contributed by atoms with Crippen LogP contribution in [0, 0.1) is 5.92 Å². The van der Waals surface area contributed by atoms with Crippen molar-refractivity contribution in [3.63, 3.8) is 0 Å². The Morgan fingerprint density at radius 2 is 2.00 bits per heavy atom. The summed E-state index contributed by atoms with van der Waals surface area (Å²) >= 11 is 0. The molecule has 16 heavy (non-hydrogen) atoms. The average molecular weight is 226 g/mol. The monoisotopic (exact) mass is 226 g/mol. The van der Waals surface area contributed by atoms with Gasteiger partial charge in [-0.15, -0.1) is 0 Å². The second kappa shape index (κ2) is 7.29. The average Bonchev–Trinajstić information content (AvgIpc) is 2.27. The molecular formula is C14H30N2. The topological polar surface area (TPSA) is 15.3 Å². The molecule has 0 saturated carbocycles. The van der Waals surface area contributed by atoms with E-state index in [4.69, 9.17) is 0 Å². The van der Waals surface area contributed by atoms with Gasteiger partial charge in [0.25, 0.3) is 0 Å². The minimum absolute atomic E-state index is 0.717. The summed E-state index contributed by atoms with van der Waals surface area (Å²) in [6, 6.07) is 1.49. The highest BCUT2D eigenvalue weighted by molar-refractivity contribution is 4.77. The van der Waals surface area contributed by atoms with Gasteiger partial charge in [0, 0.05) is 12.1 Å². The smallest absolute Gasteiger partial charge is 0.00818 e. The molecule has 96 valence electrons. The lowest BCUT2D eigenvalue weighted by molar-refractivity contribution is 0.207. The molecule has 2 unspecified atom stereocenters. The highest BCUT2D eigenvalue weighted by Crippen LogP contribution is 2.15. The molecule has 1 saturated heterocycles. The fraction of sp³-hybridized carbons (Fsp3) is 1.00. The van der Waals surface area contributed by atoms with E-state index in [0.29, 0.717) is 6.04 Å². The quantitative estimate of drug-likeness (QED) is 0.749. The van der Waals surface area contributed by atoms with Crippen molar-refractivity contribution in [1.82, 2.24) is 10.2 Å². The maximum absolute atomic E-state index is 3.64. The van der Waals surface area contributed by atoms with Crippen molar-refractivity contribution in [2.24, 2.45) is 5.92 Å². The van der Waals surface area contributed by atoms with Crippen molar-refractivity contribution in [3.05, 3.63) is 0 Å². The minimum atomic E-state index is 0.717. The van der Waals surface area contributed by atoms with Crippen LogP contribution in [0.5, 0.6) is 0 Å². The lowest BCUT2D eigenvalue weighted by atomic mass is 9.98. The standard InChI is InChI=1S/C14H30N2/c1-12(2)8-10-16(4)13(3)11-14-7-5-6-9-15-14/h12-15H,5-11H2,1-4H3. The van der Waals surface area contributed by atoms with Gasteiger partial charge in [0.15, 0.2) is 0 Å². The van der Waals surface area contributed by atoms with Gasteiger partial charge >= 0.3 is 0 Å². The largest absolute Gasteiger partial charge is 0.314 e. The van der Waals surface area contributed by atoms with Crippen LogP contribution in [-0.2, 0) is 0 Å². The molecule has 1 fully saturated rings. The first-order valence-corrected chi connectivity index (χ1v) is 7.03. The maximum Gasteiger partial charge on any atom is 0.00818 e. The summed E-state index contributed by atoms with van der Waals surface area (Å²) in [7, 11) is 2.27. The summed E-state index contributed by atoms with van der Waals surface area (Å²) < 4.78 is 0. The van der Waals surface area contributed by atoms with Crippen molar-refractivity contribution in [2.45, 2.75) is 65.0 Å². The molecule has 0 bridgehead atoms. The van der Waals surface area contributed by atoms with E-state index < -0.39 is 0 Å². The Kier molecular flexibility index (Phi) is 6.37. The third-order valence-electron chi connectivity index (χ3n) is 3.85. The van der Waals surface area contributed by atoms with Gasteiger partial charge in [0.05, 0.1) is 0 Å². The molecule has 2 atom stereocenters. The zero-order valence-electron chi connectivity index (χ0n) is 11.6. The van der Waals surface area contributed by atoms with Crippen molar-refractivity contribution in [3.8, 4) is 0 Å². The number of nitrogens with zero attached hydrogens (tertiary/aromatic N) is 1. The zero-order chi connectivity index (χ0) is 12.0. The van der Waals surface area contributed by atoms with Gasteiger partial charge in [0.1, 0.15) is 0 Å². The molecule has 0 radical (unpaired) electrons. The van der Waals surface area contributed by atoms with E-state index in [1.807, 2.05) is 0 Å². The lowest BCUT2D eigenvalue weighted by Crippen LogP contribution is -2.41. The summed E-state index contributed by atoms with van der Waals surface area (Å²) in [6.45, 7) is 9.46.